The van der Waals surface area contributed by atoms with E-state index in [0.29, 0.717) is 5.91 Å². The molecule has 0 unspecified atom stereocenters. The maximum Gasteiger partial charge on any atom is 0.233 e. The molecule has 0 atom stereocenters. The summed E-state index contributed by atoms with van der Waals surface area (Å²) in [6.07, 6.45) is 1.85. The molecule has 114 valence electrons. The number of carbonyl (C=O) groups is 1. The smallest absolute Gasteiger partial charge is 0.233 e. The summed E-state index contributed by atoms with van der Waals surface area (Å²) in [5.41, 5.74) is 0.882. The Morgan fingerprint density at radius 1 is 1.05 bits per heavy atom. The summed E-state index contributed by atoms with van der Waals surface area (Å²) in [5, 5.41) is 3.33. The van der Waals surface area contributed by atoms with Gasteiger partial charge in [0.25, 0.3) is 0 Å². The zero-order valence-corrected chi connectivity index (χ0v) is 12.8. The van der Waals surface area contributed by atoms with Crippen LogP contribution in [0.3, 0.4) is 0 Å². The van der Waals surface area contributed by atoms with E-state index in [1.807, 2.05) is 6.07 Å². The van der Waals surface area contributed by atoms with Gasteiger partial charge in [0.15, 0.2) is 0 Å². The molecule has 0 bridgehead atoms. The molecular formula is C17H25N3O. The zero-order valence-electron chi connectivity index (χ0n) is 12.8. The van der Waals surface area contributed by atoms with Crippen molar-refractivity contribution in [1.29, 1.82) is 0 Å². The molecule has 0 aliphatic carbocycles. The Kier molecular flexibility index (Phi) is 4.27. The zero-order chi connectivity index (χ0) is 14.7. The van der Waals surface area contributed by atoms with Crippen LogP contribution in [0, 0.1) is 0 Å². The molecule has 4 heteroatoms. The van der Waals surface area contributed by atoms with E-state index in [9.17, 15) is 4.79 Å². The van der Waals surface area contributed by atoms with Crippen molar-refractivity contribution in [2.24, 2.45) is 0 Å². The van der Waals surface area contributed by atoms with Gasteiger partial charge in [-0.3, -0.25) is 4.79 Å². The summed E-state index contributed by atoms with van der Waals surface area (Å²) in [6, 6.07) is 10.4. The lowest BCUT2D eigenvalue weighted by molar-refractivity contribution is -0.140. The summed E-state index contributed by atoms with van der Waals surface area (Å²) in [6.45, 7) is 5.49. The molecule has 1 aromatic rings. The maximum absolute atomic E-state index is 13.3. The third-order valence-electron chi connectivity index (χ3n) is 4.98. The number of nitrogens with one attached hydrogen (secondary N) is 1. The van der Waals surface area contributed by atoms with Crippen molar-refractivity contribution < 1.29 is 4.79 Å². The molecule has 0 aromatic heterocycles. The minimum Gasteiger partial charge on any atom is -0.339 e. The van der Waals surface area contributed by atoms with Crippen LogP contribution in [-0.4, -0.2) is 62.0 Å². The first-order valence-corrected chi connectivity index (χ1v) is 7.96. The number of piperazine rings is 1. The Morgan fingerprint density at radius 2 is 1.67 bits per heavy atom. The van der Waals surface area contributed by atoms with Gasteiger partial charge in [0.2, 0.25) is 5.91 Å². The highest BCUT2D eigenvalue weighted by atomic mass is 16.2. The second kappa shape index (κ2) is 6.16. The first kappa shape index (κ1) is 14.5. The Bertz CT molecular complexity index is 474. The average molecular weight is 287 g/mol. The number of carbonyl (C=O) groups excluding carboxylic acids is 1. The van der Waals surface area contributed by atoms with E-state index in [1.54, 1.807) is 0 Å². The van der Waals surface area contributed by atoms with E-state index < -0.39 is 0 Å². The summed E-state index contributed by atoms with van der Waals surface area (Å²) in [7, 11) is 2.14. The number of likely N-dealkylation sites (tertiary alicyclic amines) is 1. The van der Waals surface area contributed by atoms with Crippen molar-refractivity contribution in [3.05, 3.63) is 35.9 Å². The molecule has 2 heterocycles. The molecule has 3 rings (SSSR count). The van der Waals surface area contributed by atoms with E-state index in [2.05, 4.69) is 46.4 Å². The third kappa shape index (κ3) is 2.83. The molecule has 4 nitrogen and oxygen atoms in total. The molecule has 2 aliphatic heterocycles. The van der Waals surface area contributed by atoms with Crippen LogP contribution < -0.4 is 5.32 Å². The Morgan fingerprint density at radius 3 is 2.29 bits per heavy atom. The van der Waals surface area contributed by atoms with Crippen LogP contribution in [-0.2, 0) is 10.2 Å². The van der Waals surface area contributed by atoms with Gasteiger partial charge in [0.1, 0.15) is 0 Å². The fraction of sp³-hybridized carbons (Fsp3) is 0.588. The standard InChI is InChI=1S/C17H25N3O/c1-19-11-7-17(8-12-19,15-5-3-2-4-6-15)16(21)20-13-9-18-10-14-20/h2-6,18H,7-14H2,1H3. The van der Waals surface area contributed by atoms with Crippen LogP contribution >= 0.6 is 0 Å². The highest BCUT2D eigenvalue weighted by molar-refractivity contribution is 5.88. The van der Waals surface area contributed by atoms with E-state index in [0.717, 1.165) is 52.1 Å². The van der Waals surface area contributed by atoms with E-state index in [1.165, 1.54) is 5.56 Å². The Hall–Kier alpha value is -1.39. The minimum absolute atomic E-state index is 0.314. The number of rotatable bonds is 2. The van der Waals surface area contributed by atoms with Crippen molar-refractivity contribution >= 4 is 5.91 Å². The average Bonchev–Trinajstić information content (AvgIpc) is 2.57. The van der Waals surface area contributed by atoms with E-state index >= 15 is 0 Å². The molecule has 21 heavy (non-hydrogen) atoms. The van der Waals surface area contributed by atoms with Gasteiger partial charge >= 0.3 is 0 Å². The molecule has 2 fully saturated rings. The van der Waals surface area contributed by atoms with Gasteiger partial charge in [-0.2, -0.15) is 0 Å². The van der Waals surface area contributed by atoms with Gasteiger partial charge in [0, 0.05) is 26.2 Å². The minimum atomic E-state index is -0.314. The quantitative estimate of drug-likeness (QED) is 0.884. The molecule has 2 saturated heterocycles. The first-order valence-electron chi connectivity index (χ1n) is 7.96. The van der Waals surface area contributed by atoms with Crippen LogP contribution in [0.25, 0.3) is 0 Å². The predicted octanol–water partition coefficient (Wildman–Crippen LogP) is 1.08. The summed E-state index contributed by atoms with van der Waals surface area (Å²) in [4.78, 5) is 17.7. The molecule has 2 aliphatic rings. The highest BCUT2D eigenvalue weighted by Gasteiger charge is 2.44. The normalized spacial score (nSPS) is 23.0. The first-order chi connectivity index (χ1) is 10.2. The number of nitrogens with zero attached hydrogens (tertiary/aromatic N) is 2. The molecular weight excluding hydrogens is 262 g/mol. The lowest BCUT2D eigenvalue weighted by Gasteiger charge is -2.43. The highest BCUT2D eigenvalue weighted by Crippen LogP contribution is 2.37. The largest absolute Gasteiger partial charge is 0.339 e. The Balaban J connectivity index is 1.90. The van der Waals surface area contributed by atoms with Crippen LogP contribution in [0.5, 0.6) is 0 Å². The number of hydrogen-bond acceptors (Lipinski definition) is 3. The molecule has 0 saturated carbocycles. The number of piperidine rings is 1. The number of amides is 1. The van der Waals surface area contributed by atoms with Gasteiger partial charge in [-0.1, -0.05) is 30.3 Å². The molecule has 0 spiro atoms. The SMILES string of the molecule is CN1CCC(C(=O)N2CCNCC2)(c2ccccc2)CC1. The molecule has 1 N–H and O–H groups in total. The van der Waals surface area contributed by atoms with Gasteiger partial charge in [-0.25, -0.2) is 0 Å². The van der Waals surface area contributed by atoms with Gasteiger partial charge in [-0.05, 0) is 38.5 Å². The second-order valence-corrected chi connectivity index (χ2v) is 6.29. The summed E-state index contributed by atoms with van der Waals surface area (Å²) >= 11 is 0. The van der Waals surface area contributed by atoms with E-state index in [4.69, 9.17) is 0 Å². The van der Waals surface area contributed by atoms with Gasteiger partial charge < -0.3 is 15.1 Å². The predicted molar refractivity (Wildman–Crippen MR) is 84.3 cm³/mol. The Labute approximate surface area is 127 Å². The summed E-state index contributed by atoms with van der Waals surface area (Å²) < 4.78 is 0. The van der Waals surface area contributed by atoms with Crippen molar-refractivity contribution in [3.8, 4) is 0 Å². The van der Waals surface area contributed by atoms with Crippen molar-refractivity contribution in [2.75, 3.05) is 46.3 Å². The second-order valence-electron chi connectivity index (χ2n) is 6.29. The van der Waals surface area contributed by atoms with Crippen LogP contribution in [0.1, 0.15) is 18.4 Å². The lowest BCUT2D eigenvalue weighted by Crippen LogP contribution is -2.56. The fourth-order valence-electron chi connectivity index (χ4n) is 3.55. The lowest BCUT2D eigenvalue weighted by atomic mass is 9.71. The summed E-state index contributed by atoms with van der Waals surface area (Å²) in [5.74, 6) is 0.336. The fourth-order valence-corrected chi connectivity index (χ4v) is 3.55. The number of benzene rings is 1. The van der Waals surface area contributed by atoms with Crippen LogP contribution in [0.15, 0.2) is 30.3 Å². The van der Waals surface area contributed by atoms with Crippen molar-refractivity contribution in [3.63, 3.8) is 0 Å². The van der Waals surface area contributed by atoms with E-state index in [-0.39, 0.29) is 5.41 Å². The molecule has 0 radical (unpaired) electrons. The van der Waals surface area contributed by atoms with Crippen LogP contribution in [0.4, 0.5) is 0 Å². The maximum atomic E-state index is 13.3. The topological polar surface area (TPSA) is 35.6 Å². The number of hydrogen-bond donors (Lipinski definition) is 1. The molecule has 1 amide bonds. The van der Waals surface area contributed by atoms with Crippen molar-refractivity contribution in [2.45, 2.75) is 18.3 Å². The van der Waals surface area contributed by atoms with Crippen LogP contribution in [0.2, 0.25) is 0 Å². The monoisotopic (exact) mass is 287 g/mol. The molecule has 1 aromatic carbocycles. The third-order valence-corrected chi connectivity index (χ3v) is 4.98. The van der Waals surface area contributed by atoms with Gasteiger partial charge in [-0.15, -0.1) is 0 Å². The van der Waals surface area contributed by atoms with Crippen molar-refractivity contribution in [1.82, 2.24) is 15.1 Å². The van der Waals surface area contributed by atoms with Gasteiger partial charge in [0.05, 0.1) is 5.41 Å².